The summed E-state index contributed by atoms with van der Waals surface area (Å²) in [6.07, 6.45) is 1.28. The third-order valence-electron chi connectivity index (χ3n) is 2.75. The highest BCUT2D eigenvalue weighted by atomic mass is 32.1. The first-order valence-electron chi connectivity index (χ1n) is 6.64. The molecule has 0 aromatic carbocycles. The van der Waals surface area contributed by atoms with E-state index in [1.807, 2.05) is 18.4 Å². The summed E-state index contributed by atoms with van der Waals surface area (Å²) in [6.45, 7) is 4.82. The molecule has 2 rings (SSSR count). The number of primary amides is 1. The van der Waals surface area contributed by atoms with E-state index >= 15 is 0 Å². The van der Waals surface area contributed by atoms with E-state index in [0.717, 1.165) is 29.0 Å². The molecule has 2 heterocycles. The number of carbonyl (C=O) groups excluding carboxylic acids is 1. The number of amides is 1. The molecule has 2 aromatic rings. The zero-order valence-corrected chi connectivity index (χ0v) is 12.5. The summed E-state index contributed by atoms with van der Waals surface area (Å²) < 4.78 is 0. The molecule has 108 valence electrons. The van der Waals surface area contributed by atoms with Crippen molar-refractivity contribution in [1.29, 1.82) is 0 Å². The average Bonchev–Trinajstić information content (AvgIpc) is 2.83. The Labute approximate surface area is 121 Å². The molecule has 0 aliphatic heterocycles. The number of nitrogens with one attached hydrogen (secondary N) is 2. The van der Waals surface area contributed by atoms with Gasteiger partial charge >= 0.3 is 0 Å². The predicted molar refractivity (Wildman–Crippen MR) is 83.1 cm³/mol. The third-order valence-corrected chi connectivity index (χ3v) is 3.56. The van der Waals surface area contributed by atoms with E-state index in [-0.39, 0.29) is 18.4 Å². The number of hydrogen-bond donors (Lipinski definition) is 3. The Morgan fingerprint density at radius 3 is 3.00 bits per heavy atom. The minimum Gasteiger partial charge on any atom is -0.370 e. The summed E-state index contributed by atoms with van der Waals surface area (Å²) in [6, 6.07) is 1.91. The normalized spacial score (nSPS) is 12.3. The van der Waals surface area contributed by atoms with Crippen molar-refractivity contribution < 1.29 is 4.79 Å². The van der Waals surface area contributed by atoms with Crippen molar-refractivity contribution in [3.8, 4) is 0 Å². The highest BCUT2D eigenvalue weighted by molar-refractivity contribution is 7.16. The quantitative estimate of drug-likeness (QED) is 0.727. The van der Waals surface area contributed by atoms with Crippen LogP contribution in [-0.4, -0.2) is 28.5 Å². The van der Waals surface area contributed by atoms with Gasteiger partial charge in [0, 0.05) is 19.0 Å². The first-order valence-corrected chi connectivity index (χ1v) is 7.52. The van der Waals surface area contributed by atoms with Crippen LogP contribution in [-0.2, 0) is 4.79 Å². The summed E-state index contributed by atoms with van der Waals surface area (Å²) in [7, 11) is 0. The van der Waals surface area contributed by atoms with Gasteiger partial charge in [0.2, 0.25) is 11.9 Å². The lowest BCUT2D eigenvalue weighted by molar-refractivity contribution is -0.118. The number of thiophene rings is 1. The Kier molecular flexibility index (Phi) is 4.73. The lowest BCUT2D eigenvalue weighted by Gasteiger charge is -2.14. The van der Waals surface area contributed by atoms with Gasteiger partial charge in [-0.2, -0.15) is 4.98 Å². The summed E-state index contributed by atoms with van der Waals surface area (Å²) in [5.74, 6) is 1.02. The molecule has 0 bridgehead atoms. The van der Waals surface area contributed by atoms with Gasteiger partial charge in [-0.15, -0.1) is 11.3 Å². The van der Waals surface area contributed by atoms with Gasteiger partial charge in [0.05, 0.1) is 5.39 Å². The number of aromatic nitrogens is 2. The molecule has 1 unspecified atom stereocenters. The molecule has 6 nitrogen and oxygen atoms in total. The number of rotatable bonds is 7. The highest BCUT2D eigenvalue weighted by Crippen LogP contribution is 2.27. The minimum atomic E-state index is -0.329. The number of nitrogens with two attached hydrogens (primary N) is 1. The van der Waals surface area contributed by atoms with Crippen LogP contribution in [0.25, 0.3) is 10.2 Å². The Morgan fingerprint density at radius 2 is 2.30 bits per heavy atom. The topological polar surface area (TPSA) is 92.9 Å². The maximum Gasteiger partial charge on any atom is 0.226 e. The van der Waals surface area contributed by atoms with Gasteiger partial charge in [-0.05, 0) is 24.8 Å². The van der Waals surface area contributed by atoms with Gasteiger partial charge in [0.1, 0.15) is 10.6 Å². The van der Waals surface area contributed by atoms with Crippen LogP contribution in [0.15, 0.2) is 11.4 Å². The fraction of sp³-hybridized carbons (Fsp3) is 0.462. The summed E-state index contributed by atoms with van der Waals surface area (Å²) in [5.41, 5.74) is 5.21. The van der Waals surface area contributed by atoms with E-state index in [9.17, 15) is 4.79 Å². The molecule has 0 saturated heterocycles. The summed E-state index contributed by atoms with van der Waals surface area (Å²) >= 11 is 1.57. The first kappa shape index (κ1) is 14.5. The average molecular weight is 293 g/mol. The molecule has 0 spiro atoms. The van der Waals surface area contributed by atoms with Gasteiger partial charge < -0.3 is 16.4 Å². The van der Waals surface area contributed by atoms with E-state index in [4.69, 9.17) is 5.73 Å². The number of anilines is 2. The number of hydrogen-bond acceptors (Lipinski definition) is 6. The first-order chi connectivity index (χ1) is 9.60. The summed E-state index contributed by atoms with van der Waals surface area (Å²) in [5, 5.41) is 9.36. The monoisotopic (exact) mass is 293 g/mol. The van der Waals surface area contributed by atoms with Crippen molar-refractivity contribution >= 4 is 39.2 Å². The standard InChI is InChI=1S/C13H19N5OS/c1-3-5-15-13-17-11(16-8(2)7-10(14)19)9-4-6-20-12(9)18-13/h4,6,8H,3,5,7H2,1-2H3,(H2,14,19)(H2,15,16,17,18). The molecule has 7 heteroatoms. The third kappa shape index (κ3) is 3.57. The molecule has 1 amide bonds. The maximum atomic E-state index is 11.0. The zero-order chi connectivity index (χ0) is 14.5. The molecule has 0 saturated carbocycles. The number of fused-ring (bicyclic) bond motifs is 1. The van der Waals surface area contributed by atoms with Crippen molar-refractivity contribution in [2.45, 2.75) is 32.7 Å². The highest BCUT2D eigenvalue weighted by Gasteiger charge is 2.12. The number of carbonyl (C=O) groups is 1. The lowest BCUT2D eigenvalue weighted by atomic mass is 10.2. The van der Waals surface area contributed by atoms with Crippen LogP contribution in [0.3, 0.4) is 0 Å². The van der Waals surface area contributed by atoms with Crippen LogP contribution in [0.5, 0.6) is 0 Å². The minimum absolute atomic E-state index is 0.0653. The van der Waals surface area contributed by atoms with Crippen LogP contribution in [0.2, 0.25) is 0 Å². The van der Waals surface area contributed by atoms with Gasteiger partial charge in [-0.25, -0.2) is 4.98 Å². The van der Waals surface area contributed by atoms with Gasteiger partial charge in [0.25, 0.3) is 0 Å². The van der Waals surface area contributed by atoms with E-state index in [1.165, 1.54) is 0 Å². The van der Waals surface area contributed by atoms with Crippen molar-refractivity contribution in [3.63, 3.8) is 0 Å². The molecule has 0 fully saturated rings. The molecule has 4 N–H and O–H groups in total. The molecule has 0 radical (unpaired) electrons. The number of nitrogens with zero attached hydrogens (tertiary/aromatic N) is 2. The van der Waals surface area contributed by atoms with E-state index < -0.39 is 0 Å². The van der Waals surface area contributed by atoms with Gasteiger partial charge in [-0.3, -0.25) is 4.79 Å². The molecular weight excluding hydrogens is 274 g/mol. The second-order valence-electron chi connectivity index (χ2n) is 4.68. The summed E-state index contributed by atoms with van der Waals surface area (Å²) in [4.78, 5) is 20.8. The fourth-order valence-electron chi connectivity index (χ4n) is 1.87. The Hall–Kier alpha value is -1.89. The van der Waals surface area contributed by atoms with Crippen LogP contribution in [0, 0.1) is 0 Å². The molecular formula is C13H19N5OS. The van der Waals surface area contributed by atoms with Crippen molar-refractivity contribution in [1.82, 2.24) is 9.97 Å². The lowest BCUT2D eigenvalue weighted by Crippen LogP contribution is -2.24. The van der Waals surface area contributed by atoms with Crippen LogP contribution >= 0.6 is 11.3 Å². The van der Waals surface area contributed by atoms with Crippen LogP contribution in [0.4, 0.5) is 11.8 Å². The largest absolute Gasteiger partial charge is 0.370 e. The maximum absolute atomic E-state index is 11.0. The van der Waals surface area contributed by atoms with Crippen LogP contribution < -0.4 is 16.4 Å². The van der Waals surface area contributed by atoms with Gasteiger partial charge in [-0.1, -0.05) is 6.92 Å². The molecule has 0 aliphatic carbocycles. The Morgan fingerprint density at radius 1 is 1.50 bits per heavy atom. The van der Waals surface area contributed by atoms with E-state index in [0.29, 0.717) is 5.95 Å². The van der Waals surface area contributed by atoms with Crippen LogP contribution in [0.1, 0.15) is 26.7 Å². The molecule has 0 aliphatic rings. The predicted octanol–water partition coefficient (Wildman–Crippen LogP) is 2.19. The molecule has 20 heavy (non-hydrogen) atoms. The zero-order valence-electron chi connectivity index (χ0n) is 11.6. The second-order valence-corrected chi connectivity index (χ2v) is 5.57. The smallest absolute Gasteiger partial charge is 0.226 e. The Balaban J connectivity index is 2.25. The SMILES string of the molecule is CCCNc1nc(NC(C)CC(N)=O)c2ccsc2n1. The van der Waals surface area contributed by atoms with Crippen molar-refractivity contribution in [2.75, 3.05) is 17.2 Å². The molecule has 2 aromatic heterocycles. The van der Waals surface area contributed by atoms with E-state index in [2.05, 4.69) is 27.5 Å². The second kappa shape index (κ2) is 6.51. The Bertz CT molecular complexity index is 597. The van der Waals surface area contributed by atoms with Crippen molar-refractivity contribution in [3.05, 3.63) is 11.4 Å². The van der Waals surface area contributed by atoms with Gasteiger partial charge in [0.15, 0.2) is 0 Å². The molecule has 1 atom stereocenters. The van der Waals surface area contributed by atoms with E-state index in [1.54, 1.807) is 11.3 Å². The fourth-order valence-corrected chi connectivity index (χ4v) is 2.63. The van der Waals surface area contributed by atoms with Crippen molar-refractivity contribution in [2.24, 2.45) is 5.73 Å².